The largest absolute Gasteiger partial charge is 0.321 e. The second-order valence-corrected chi connectivity index (χ2v) is 5.02. The normalized spacial score (nSPS) is 10.2. The summed E-state index contributed by atoms with van der Waals surface area (Å²) in [6.45, 7) is 1.78. The molecule has 1 aromatic heterocycles. The van der Waals surface area contributed by atoms with Gasteiger partial charge in [0.05, 0.1) is 4.92 Å². The lowest BCUT2D eigenvalue weighted by Gasteiger charge is -2.09. The molecule has 0 spiro atoms. The highest BCUT2D eigenvalue weighted by Gasteiger charge is 2.22. The molecule has 0 radical (unpaired) electrons. The smallest absolute Gasteiger partial charge is 0.300 e. The predicted molar refractivity (Wildman–Crippen MR) is 80.0 cm³/mol. The highest BCUT2D eigenvalue weighted by atomic mass is 35.5. The molecule has 6 nitrogen and oxygen atoms in total. The average molecular weight is 326 g/mol. The molecule has 0 atom stereocenters. The first-order chi connectivity index (χ1) is 9.88. The maximum absolute atomic E-state index is 12.2. The highest BCUT2D eigenvalue weighted by Crippen LogP contribution is 2.24. The van der Waals surface area contributed by atoms with Crippen LogP contribution >= 0.6 is 23.2 Å². The fourth-order valence-electron chi connectivity index (χ4n) is 1.67. The highest BCUT2D eigenvalue weighted by molar-refractivity contribution is 6.31. The zero-order valence-corrected chi connectivity index (χ0v) is 12.3. The number of pyridine rings is 1. The van der Waals surface area contributed by atoms with Gasteiger partial charge in [0.1, 0.15) is 16.9 Å². The van der Waals surface area contributed by atoms with Gasteiger partial charge in [0, 0.05) is 10.7 Å². The number of aryl methyl sites for hydroxylation is 1. The Labute approximate surface area is 129 Å². The molecule has 1 amide bonds. The summed E-state index contributed by atoms with van der Waals surface area (Å²) in [4.78, 5) is 26.1. The van der Waals surface area contributed by atoms with Gasteiger partial charge in [-0.3, -0.25) is 14.9 Å². The average Bonchev–Trinajstić information content (AvgIpc) is 2.42. The number of nitro groups is 1. The number of halogens is 2. The van der Waals surface area contributed by atoms with E-state index in [1.54, 1.807) is 25.1 Å². The number of aromatic nitrogens is 1. The van der Waals surface area contributed by atoms with Crippen molar-refractivity contribution in [2.75, 3.05) is 5.32 Å². The third-order valence-electron chi connectivity index (χ3n) is 2.74. The van der Waals surface area contributed by atoms with E-state index in [-0.39, 0.29) is 10.7 Å². The number of amides is 1. The van der Waals surface area contributed by atoms with E-state index in [4.69, 9.17) is 23.2 Å². The minimum absolute atomic E-state index is 0.00596. The van der Waals surface area contributed by atoms with Gasteiger partial charge < -0.3 is 5.32 Å². The van der Waals surface area contributed by atoms with Crippen LogP contribution in [0.5, 0.6) is 0 Å². The monoisotopic (exact) mass is 325 g/mol. The molecular weight excluding hydrogens is 317 g/mol. The number of carbonyl (C=O) groups is 1. The zero-order valence-electron chi connectivity index (χ0n) is 10.8. The van der Waals surface area contributed by atoms with Crippen LogP contribution in [0, 0.1) is 17.0 Å². The lowest BCUT2D eigenvalue weighted by Crippen LogP contribution is -2.15. The number of hydrogen-bond donors (Lipinski definition) is 1. The first-order valence-corrected chi connectivity index (χ1v) is 6.51. The Morgan fingerprint density at radius 2 is 2.05 bits per heavy atom. The van der Waals surface area contributed by atoms with E-state index in [0.29, 0.717) is 10.7 Å². The first-order valence-electron chi connectivity index (χ1n) is 5.76. The van der Waals surface area contributed by atoms with Gasteiger partial charge in [-0.2, -0.15) is 0 Å². The standard InChI is InChI=1S/C13H9Cl2N3O3/c1-7-2-3-8(14)4-10(7)17-13(19)9-5-12(15)16-6-11(9)18(20)21/h2-6H,1H3,(H,17,19). The van der Waals surface area contributed by atoms with Crippen LogP contribution in [0.15, 0.2) is 30.5 Å². The third kappa shape index (κ3) is 3.48. The van der Waals surface area contributed by atoms with Crippen molar-refractivity contribution in [1.82, 2.24) is 4.98 Å². The molecule has 8 heteroatoms. The van der Waals surface area contributed by atoms with Gasteiger partial charge in [-0.15, -0.1) is 0 Å². The topological polar surface area (TPSA) is 85.1 Å². The number of benzene rings is 1. The van der Waals surface area contributed by atoms with Gasteiger partial charge in [0.2, 0.25) is 0 Å². The molecular formula is C13H9Cl2N3O3. The fraction of sp³-hybridized carbons (Fsp3) is 0.0769. The Morgan fingerprint density at radius 1 is 1.33 bits per heavy atom. The van der Waals surface area contributed by atoms with Gasteiger partial charge in [-0.1, -0.05) is 29.3 Å². The number of hydrogen-bond acceptors (Lipinski definition) is 4. The van der Waals surface area contributed by atoms with Crippen LogP contribution in [0.2, 0.25) is 10.2 Å². The van der Waals surface area contributed by atoms with Crippen LogP contribution < -0.4 is 5.32 Å². The van der Waals surface area contributed by atoms with Gasteiger partial charge >= 0.3 is 0 Å². The lowest BCUT2D eigenvalue weighted by atomic mass is 10.1. The Hall–Kier alpha value is -2.18. The summed E-state index contributed by atoms with van der Waals surface area (Å²) in [5, 5.41) is 13.9. The summed E-state index contributed by atoms with van der Waals surface area (Å²) in [6, 6.07) is 6.11. The molecule has 2 rings (SSSR count). The lowest BCUT2D eigenvalue weighted by molar-refractivity contribution is -0.385. The van der Waals surface area contributed by atoms with Crippen molar-refractivity contribution < 1.29 is 9.72 Å². The van der Waals surface area contributed by atoms with Crippen molar-refractivity contribution in [3.05, 3.63) is 61.9 Å². The van der Waals surface area contributed by atoms with E-state index in [1.165, 1.54) is 0 Å². The minimum atomic E-state index is -0.691. The summed E-state index contributed by atoms with van der Waals surface area (Å²) in [5.41, 5.74) is 0.654. The van der Waals surface area contributed by atoms with Crippen LogP contribution in [0.1, 0.15) is 15.9 Å². The Kier molecular flexibility index (Phi) is 4.40. The Morgan fingerprint density at radius 3 is 2.71 bits per heavy atom. The molecule has 108 valence electrons. The number of nitrogens with zero attached hydrogens (tertiary/aromatic N) is 2. The van der Waals surface area contributed by atoms with Crippen LogP contribution in [0.3, 0.4) is 0 Å². The van der Waals surface area contributed by atoms with E-state index in [2.05, 4.69) is 10.3 Å². The molecule has 0 unspecified atom stereocenters. The van der Waals surface area contributed by atoms with Crippen molar-refractivity contribution in [1.29, 1.82) is 0 Å². The summed E-state index contributed by atoms with van der Waals surface area (Å²) >= 11 is 11.6. The van der Waals surface area contributed by atoms with E-state index in [1.807, 2.05) is 0 Å². The maximum Gasteiger partial charge on any atom is 0.300 e. The second kappa shape index (κ2) is 6.07. The molecule has 0 bridgehead atoms. The van der Waals surface area contributed by atoms with Crippen molar-refractivity contribution in [3.63, 3.8) is 0 Å². The molecule has 0 saturated carbocycles. The summed E-state index contributed by atoms with van der Waals surface area (Å²) in [6.07, 6.45) is 0.947. The quantitative estimate of drug-likeness (QED) is 0.527. The third-order valence-corrected chi connectivity index (χ3v) is 3.18. The van der Waals surface area contributed by atoms with Gasteiger partial charge in [-0.25, -0.2) is 4.98 Å². The zero-order chi connectivity index (χ0) is 15.6. The van der Waals surface area contributed by atoms with Crippen LogP contribution in [0.4, 0.5) is 11.4 Å². The number of carbonyl (C=O) groups excluding carboxylic acids is 1. The molecule has 0 fully saturated rings. The molecule has 0 saturated heterocycles. The van der Waals surface area contributed by atoms with Gasteiger partial charge in [-0.05, 0) is 30.7 Å². The summed E-state index contributed by atoms with van der Waals surface area (Å²) in [7, 11) is 0. The van der Waals surface area contributed by atoms with Crippen molar-refractivity contribution in [2.24, 2.45) is 0 Å². The van der Waals surface area contributed by atoms with Crippen LogP contribution in [0.25, 0.3) is 0 Å². The molecule has 21 heavy (non-hydrogen) atoms. The number of rotatable bonds is 3. The van der Waals surface area contributed by atoms with E-state index >= 15 is 0 Å². The van der Waals surface area contributed by atoms with E-state index in [9.17, 15) is 14.9 Å². The number of nitrogens with one attached hydrogen (secondary N) is 1. The first kappa shape index (κ1) is 15.2. The molecule has 0 aliphatic rings. The van der Waals surface area contributed by atoms with Crippen LogP contribution in [-0.2, 0) is 0 Å². The summed E-state index contributed by atoms with van der Waals surface area (Å²) < 4.78 is 0. The van der Waals surface area contributed by atoms with Gasteiger partial charge in [0.15, 0.2) is 0 Å². The van der Waals surface area contributed by atoms with Crippen molar-refractivity contribution in [2.45, 2.75) is 6.92 Å². The minimum Gasteiger partial charge on any atom is -0.321 e. The van der Waals surface area contributed by atoms with E-state index < -0.39 is 16.5 Å². The molecule has 0 aliphatic heterocycles. The maximum atomic E-state index is 12.2. The second-order valence-electron chi connectivity index (χ2n) is 4.19. The fourth-order valence-corrected chi connectivity index (χ4v) is 2.00. The van der Waals surface area contributed by atoms with Crippen molar-refractivity contribution in [3.8, 4) is 0 Å². The Bertz CT molecular complexity index is 735. The Balaban J connectivity index is 2.39. The molecule has 2 aromatic rings. The van der Waals surface area contributed by atoms with Crippen LogP contribution in [-0.4, -0.2) is 15.8 Å². The molecule has 0 aliphatic carbocycles. The molecule has 1 heterocycles. The van der Waals surface area contributed by atoms with E-state index in [0.717, 1.165) is 17.8 Å². The van der Waals surface area contributed by atoms with Crippen molar-refractivity contribution >= 4 is 40.5 Å². The predicted octanol–water partition coefficient (Wildman–Crippen LogP) is 3.86. The number of anilines is 1. The SMILES string of the molecule is Cc1ccc(Cl)cc1NC(=O)c1cc(Cl)ncc1[N+](=O)[O-]. The summed E-state index contributed by atoms with van der Waals surface area (Å²) in [5.74, 6) is -0.656. The molecule has 1 N–H and O–H groups in total. The molecule has 1 aromatic carbocycles. The van der Waals surface area contributed by atoms with Gasteiger partial charge in [0.25, 0.3) is 11.6 Å².